The molecule has 0 aromatic rings. The maximum absolute atomic E-state index is 6.00. The van der Waals surface area contributed by atoms with Gasteiger partial charge in [-0.15, -0.1) is 0 Å². The van der Waals surface area contributed by atoms with Gasteiger partial charge in [0, 0.05) is 0 Å². The second kappa shape index (κ2) is 5.52. The van der Waals surface area contributed by atoms with Crippen molar-refractivity contribution in [2.75, 3.05) is 0 Å². The molecule has 0 aromatic heterocycles. The Morgan fingerprint density at radius 2 is 1.71 bits per heavy atom. The van der Waals surface area contributed by atoms with Gasteiger partial charge in [-0.1, -0.05) is 31.7 Å². The lowest BCUT2D eigenvalue weighted by molar-refractivity contribution is 0.0723. The third-order valence-corrected chi connectivity index (χ3v) is 4.94. The van der Waals surface area contributed by atoms with E-state index in [4.69, 9.17) is 4.43 Å². The summed E-state index contributed by atoms with van der Waals surface area (Å²) < 4.78 is 6.00. The van der Waals surface area contributed by atoms with Crippen LogP contribution in [0.3, 0.4) is 0 Å². The van der Waals surface area contributed by atoms with Crippen molar-refractivity contribution in [3.8, 4) is 0 Å². The Labute approximate surface area is 90.0 Å². The van der Waals surface area contributed by atoms with Gasteiger partial charge in [-0.3, -0.25) is 0 Å². The van der Waals surface area contributed by atoms with Crippen molar-refractivity contribution in [3.63, 3.8) is 0 Å². The molecule has 1 aliphatic heterocycles. The van der Waals surface area contributed by atoms with Gasteiger partial charge in [0.05, 0.1) is 5.60 Å². The first-order valence-corrected chi connectivity index (χ1v) is 8.38. The molecule has 82 valence electrons. The molecule has 1 saturated heterocycles. The molecule has 0 spiro atoms. The highest BCUT2D eigenvalue weighted by atomic mass is 28.4. The molecule has 1 heterocycles. The molecule has 1 aliphatic rings. The van der Waals surface area contributed by atoms with Crippen LogP contribution in [0.15, 0.2) is 25.3 Å². The SMILES string of the molecule is C=CC=C.CC1(C)CCC[Si](C)(C)O1. The molecular weight excluding hydrogens is 188 g/mol. The van der Waals surface area contributed by atoms with Crippen molar-refractivity contribution >= 4 is 8.32 Å². The van der Waals surface area contributed by atoms with E-state index in [1.54, 1.807) is 12.2 Å². The first kappa shape index (κ1) is 13.7. The van der Waals surface area contributed by atoms with Crippen molar-refractivity contribution in [2.45, 2.75) is 51.4 Å². The molecule has 0 aromatic carbocycles. The highest BCUT2D eigenvalue weighted by Gasteiger charge is 2.35. The van der Waals surface area contributed by atoms with E-state index >= 15 is 0 Å². The summed E-state index contributed by atoms with van der Waals surface area (Å²) in [6.07, 6.45) is 5.88. The molecule has 14 heavy (non-hydrogen) atoms. The predicted molar refractivity (Wildman–Crippen MR) is 67.1 cm³/mol. The van der Waals surface area contributed by atoms with Crippen LogP contribution in [0, 0.1) is 0 Å². The summed E-state index contributed by atoms with van der Waals surface area (Å²) in [7, 11) is -1.23. The third-order valence-electron chi connectivity index (χ3n) is 2.28. The average molecular weight is 212 g/mol. The fourth-order valence-electron chi connectivity index (χ4n) is 1.79. The maximum atomic E-state index is 6.00. The standard InChI is InChI=1S/C8H18OSi.C4H6/c1-8(2)6-5-7-10(3,4)9-8;1-3-4-2/h5-7H2,1-4H3;3-4H,1-2H2. The lowest BCUT2D eigenvalue weighted by atomic mass is 10.0. The zero-order valence-corrected chi connectivity index (χ0v) is 11.1. The molecule has 0 saturated carbocycles. The zero-order valence-electron chi connectivity index (χ0n) is 10.1. The number of hydrogen-bond acceptors (Lipinski definition) is 1. The van der Waals surface area contributed by atoms with Gasteiger partial charge in [0.1, 0.15) is 0 Å². The summed E-state index contributed by atoms with van der Waals surface area (Å²) in [5.41, 5.74) is 0.175. The summed E-state index contributed by atoms with van der Waals surface area (Å²) in [6.45, 7) is 15.8. The van der Waals surface area contributed by atoms with Crippen LogP contribution >= 0.6 is 0 Å². The summed E-state index contributed by atoms with van der Waals surface area (Å²) in [5, 5.41) is 0. The monoisotopic (exact) mass is 212 g/mol. The average Bonchev–Trinajstić information content (AvgIpc) is 2.00. The van der Waals surface area contributed by atoms with E-state index in [1.165, 1.54) is 18.9 Å². The number of allylic oxidation sites excluding steroid dienone is 2. The molecule has 0 radical (unpaired) electrons. The molecule has 0 bridgehead atoms. The van der Waals surface area contributed by atoms with E-state index < -0.39 is 8.32 Å². The molecule has 1 fully saturated rings. The first-order valence-electron chi connectivity index (χ1n) is 5.27. The first-order chi connectivity index (χ1) is 6.33. The van der Waals surface area contributed by atoms with E-state index in [0.29, 0.717) is 0 Å². The molecule has 0 unspecified atom stereocenters. The van der Waals surface area contributed by atoms with Gasteiger partial charge in [-0.05, 0) is 39.4 Å². The van der Waals surface area contributed by atoms with Crippen LogP contribution in [-0.4, -0.2) is 13.9 Å². The van der Waals surface area contributed by atoms with Crippen molar-refractivity contribution in [1.82, 2.24) is 0 Å². The quantitative estimate of drug-likeness (QED) is 0.469. The Bertz CT molecular complexity index is 174. The van der Waals surface area contributed by atoms with Gasteiger partial charge in [0.15, 0.2) is 8.32 Å². The highest BCUT2D eigenvalue weighted by molar-refractivity contribution is 6.71. The van der Waals surface area contributed by atoms with Crippen LogP contribution in [-0.2, 0) is 4.43 Å². The fourth-order valence-corrected chi connectivity index (χ4v) is 4.52. The lowest BCUT2D eigenvalue weighted by Crippen LogP contribution is -2.44. The van der Waals surface area contributed by atoms with Crippen molar-refractivity contribution in [1.29, 1.82) is 0 Å². The van der Waals surface area contributed by atoms with E-state index in [0.717, 1.165) is 0 Å². The molecule has 0 N–H and O–H groups in total. The second-order valence-corrected chi connectivity index (χ2v) is 9.17. The Morgan fingerprint density at radius 1 is 1.21 bits per heavy atom. The van der Waals surface area contributed by atoms with Crippen molar-refractivity contribution in [3.05, 3.63) is 25.3 Å². The lowest BCUT2D eigenvalue weighted by Gasteiger charge is -2.40. The minimum absolute atomic E-state index is 0.175. The molecule has 0 aliphatic carbocycles. The van der Waals surface area contributed by atoms with Gasteiger partial charge in [-0.25, -0.2) is 0 Å². The van der Waals surface area contributed by atoms with Crippen molar-refractivity contribution in [2.24, 2.45) is 0 Å². The van der Waals surface area contributed by atoms with Gasteiger partial charge in [0.25, 0.3) is 0 Å². The van der Waals surface area contributed by atoms with Gasteiger partial charge >= 0.3 is 0 Å². The van der Waals surface area contributed by atoms with Crippen LogP contribution in [0.25, 0.3) is 0 Å². The van der Waals surface area contributed by atoms with Crippen LogP contribution < -0.4 is 0 Å². The molecule has 1 rings (SSSR count). The second-order valence-electron chi connectivity index (χ2n) is 4.95. The van der Waals surface area contributed by atoms with E-state index in [2.05, 4.69) is 40.1 Å². The van der Waals surface area contributed by atoms with Crippen molar-refractivity contribution < 1.29 is 4.43 Å². The Balaban J connectivity index is 0.000000364. The molecule has 1 nitrogen and oxygen atoms in total. The van der Waals surface area contributed by atoms with Crippen LogP contribution in [0.4, 0.5) is 0 Å². The zero-order chi connectivity index (χ0) is 11.2. The Morgan fingerprint density at radius 3 is 1.93 bits per heavy atom. The number of hydrogen-bond donors (Lipinski definition) is 0. The topological polar surface area (TPSA) is 9.23 Å². The third kappa shape index (κ3) is 6.16. The smallest absolute Gasteiger partial charge is 0.187 e. The summed E-state index contributed by atoms with van der Waals surface area (Å²) >= 11 is 0. The Hall–Kier alpha value is -0.343. The minimum Gasteiger partial charge on any atom is -0.412 e. The van der Waals surface area contributed by atoms with E-state index in [-0.39, 0.29) is 5.60 Å². The van der Waals surface area contributed by atoms with Crippen LogP contribution in [0.1, 0.15) is 26.7 Å². The van der Waals surface area contributed by atoms with Crippen LogP contribution in [0.5, 0.6) is 0 Å². The molecule has 2 heteroatoms. The predicted octanol–water partition coefficient (Wildman–Crippen LogP) is 4.14. The van der Waals surface area contributed by atoms with E-state index in [1.807, 2.05) is 0 Å². The largest absolute Gasteiger partial charge is 0.412 e. The van der Waals surface area contributed by atoms with Crippen LogP contribution in [0.2, 0.25) is 19.1 Å². The maximum Gasteiger partial charge on any atom is 0.187 e. The van der Waals surface area contributed by atoms with E-state index in [9.17, 15) is 0 Å². The molecular formula is C12H24OSi. The summed E-state index contributed by atoms with van der Waals surface area (Å²) in [4.78, 5) is 0. The molecule has 0 amide bonds. The fraction of sp³-hybridized carbons (Fsp3) is 0.667. The number of rotatable bonds is 1. The van der Waals surface area contributed by atoms with Gasteiger partial charge < -0.3 is 4.43 Å². The van der Waals surface area contributed by atoms with Gasteiger partial charge in [0.2, 0.25) is 0 Å². The Kier molecular flexibility index (Phi) is 5.38. The summed E-state index contributed by atoms with van der Waals surface area (Å²) in [6, 6.07) is 1.34. The van der Waals surface area contributed by atoms with Gasteiger partial charge in [-0.2, -0.15) is 0 Å². The summed E-state index contributed by atoms with van der Waals surface area (Å²) in [5.74, 6) is 0. The minimum atomic E-state index is -1.23. The molecule has 0 atom stereocenters. The highest BCUT2D eigenvalue weighted by Crippen LogP contribution is 2.32. The normalized spacial score (nSPS) is 22.9.